The van der Waals surface area contributed by atoms with Gasteiger partial charge in [0.15, 0.2) is 11.7 Å². The van der Waals surface area contributed by atoms with Crippen molar-refractivity contribution in [2.24, 2.45) is 10.9 Å². The number of amidine groups is 1. The summed E-state index contributed by atoms with van der Waals surface area (Å²) in [7, 11) is 1.24. The molecule has 2 amide bonds. The molecule has 0 aliphatic carbocycles. The number of aryl methyl sites for hydroxylation is 1. The van der Waals surface area contributed by atoms with Gasteiger partial charge >= 0.3 is 5.97 Å². The number of carbonyl (C=O) groups is 4. The second-order valence-electron chi connectivity index (χ2n) is 11.1. The summed E-state index contributed by atoms with van der Waals surface area (Å²) in [5, 5.41) is 14.3. The maximum absolute atomic E-state index is 13.8. The van der Waals surface area contributed by atoms with E-state index < -0.39 is 23.7 Å². The third kappa shape index (κ3) is 6.80. The number of furan rings is 1. The number of anilines is 1. The van der Waals surface area contributed by atoms with Crippen LogP contribution in [0.4, 0.5) is 5.69 Å². The van der Waals surface area contributed by atoms with Gasteiger partial charge in [-0.1, -0.05) is 12.1 Å². The number of nitrogens with zero attached hydrogens (tertiary/aromatic N) is 4. The van der Waals surface area contributed by atoms with E-state index in [0.717, 1.165) is 24.0 Å². The second kappa shape index (κ2) is 13.5. The number of hydrogen-bond acceptors (Lipinski definition) is 8. The number of ketones is 1. The third-order valence-electron chi connectivity index (χ3n) is 7.98. The average Bonchev–Trinajstić information content (AvgIpc) is 3.67. The minimum Gasteiger partial charge on any atom is -0.465 e. The van der Waals surface area contributed by atoms with E-state index in [1.165, 1.54) is 31.4 Å². The molecule has 1 aromatic heterocycles. The quantitative estimate of drug-likeness (QED) is 0.174. The van der Waals surface area contributed by atoms with Crippen molar-refractivity contribution in [3.8, 4) is 6.07 Å². The van der Waals surface area contributed by atoms with Crippen LogP contribution in [0.15, 0.2) is 57.9 Å². The summed E-state index contributed by atoms with van der Waals surface area (Å²) in [6, 6.07) is 14.3. The van der Waals surface area contributed by atoms with Gasteiger partial charge in [-0.25, -0.2) is 4.79 Å². The number of likely N-dealkylation sites (tertiary alicyclic amines) is 2. The smallest absolute Gasteiger partial charge is 0.337 e. The van der Waals surface area contributed by atoms with E-state index in [2.05, 4.69) is 11.4 Å². The van der Waals surface area contributed by atoms with Crippen LogP contribution in [0.25, 0.3) is 11.0 Å². The Kier molecular flexibility index (Phi) is 9.38. The van der Waals surface area contributed by atoms with Crippen molar-refractivity contribution in [2.75, 3.05) is 38.6 Å². The first kappa shape index (κ1) is 30.5. The Balaban J connectivity index is 1.49. The van der Waals surface area contributed by atoms with Crippen molar-refractivity contribution in [3.05, 3.63) is 65.4 Å². The molecule has 44 heavy (non-hydrogen) atoms. The molecular formula is C33H35N5O6. The zero-order valence-electron chi connectivity index (χ0n) is 24.9. The molecule has 1 unspecified atom stereocenters. The molecular weight excluding hydrogens is 562 g/mol. The molecule has 1 N–H and O–H groups in total. The molecule has 3 heterocycles. The summed E-state index contributed by atoms with van der Waals surface area (Å²) in [4.78, 5) is 60.6. The zero-order chi connectivity index (χ0) is 31.2. The largest absolute Gasteiger partial charge is 0.465 e. The van der Waals surface area contributed by atoms with E-state index in [4.69, 9.17) is 14.1 Å². The summed E-state index contributed by atoms with van der Waals surface area (Å²) < 4.78 is 10.5. The first-order valence-electron chi connectivity index (χ1n) is 14.8. The Hall–Kier alpha value is -4.98. The maximum Gasteiger partial charge on any atom is 0.337 e. The second-order valence-corrected chi connectivity index (χ2v) is 11.1. The molecule has 2 saturated heterocycles. The van der Waals surface area contributed by atoms with E-state index in [9.17, 15) is 24.4 Å². The molecule has 2 aliphatic rings. The highest BCUT2D eigenvalue weighted by Crippen LogP contribution is 2.25. The molecule has 11 heteroatoms. The first-order chi connectivity index (χ1) is 21.3. The number of amides is 2. The minimum absolute atomic E-state index is 0.00612. The summed E-state index contributed by atoms with van der Waals surface area (Å²) in [5.41, 5.74) is 1.52. The van der Waals surface area contributed by atoms with Crippen molar-refractivity contribution in [2.45, 2.75) is 45.1 Å². The first-order valence-corrected chi connectivity index (χ1v) is 14.8. The van der Waals surface area contributed by atoms with Crippen molar-refractivity contribution < 1.29 is 28.3 Å². The number of benzene rings is 2. The average molecular weight is 598 g/mol. The molecule has 0 bridgehead atoms. The Morgan fingerprint density at radius 3 is 2.57 bits per heavy atom. The number of hydrogen-bond donors (Lipinski definition) is 1. The van der Waals surface area contributed by atoms with Gasteiger partial charge in [0.2, 0.25) is 11.8 Å². The number of rotatable bonds is 8. The number of ether oxygens (including phenoxy) is 1. The van der Waals surface area contributed by atoms with Gasteiger partial charge in [0, 0.05) is 36.3 Å². The van der Waals surface area contributed by atoms with Crippen LogP contribution < -0.4 is 5.32 Å². The fraction of sp³-hybridized carbons (Fsp3) is 0.394. The topological polar surface area (TPSA) is 145 Å². The van der Waals surface area contributed by atoms with Gasteiger partial charge in [0.05, 0.1) is 25.3 Å². The maximum atomic E-state index is 13.8. The van der Waals surface area contributed by atoms with Crippen LogP contribution in [0.2, 0.25) is 0 Å². The Morgan fingerprint density at radius 1 is 1.07 bits per heavy atom. The molecule has 5 rings (SSSR count). The van der Waals surface area contributed by atoms with Gasteiger partial charge in [-0.15, -0.1) is 0 Å². The van der Waals surface area contributed by atoms with Crippen LogP contribution in [-0.4, -0.2) is 78.5 Å². The van der Waals surface area contributed by atoms with Gasteiger partial charge in [-0.2, -0.15) is 5.26 Å². The molecule has 3 aromatic rings. The summed E-state index contributed by atoms with van der Waals surface area (Å²) in [5.74, 6) is -2.28. The van der Waals surface area contributed by atoms with Crippen molar-refractivity contribution >= 4 is 46.1 Å². The highest BCUT2D eigenvalue weighted by Gasteiger charge is 2.33. The summed E-state index contributed by atoms with van der Waals surface area (Å²) in [6.45, 7) is 3.64. The van der Waals surface area contributed by atoms with Gasteiger partial charge in [0.1, 0.15) is 23.2 Å². The summed E-state index contributed by atoms with van der Waals surface area (Å²) in [6.07, 6.45) is 3.72. The lowest BCUT2D eigenvalue weighted by molar-refractivity contribution is -0.140. The molecule has 2 fully saturated rings. The number of Topliss-reactive ketones (excluding diaryl/α,β-unsaturated/α-hetero) is 1. The Morgan fingerprint density at radius 2 is 1.82 bits per heavy atom. The number of aliphatic imine (C=N–C) groups is 1. The minimum atomic E-state index is -1.42. The molecule has 228 valence electrons. The summed E-state index contributed by atoms with van der Waals surface area (Å²) >= 11 is 0. The number of carbonyl (C=O) groups excluding carboxylic acids is 4. The molecule has 2 aliphatic heterocycles. The normalized spacial score (nSPS) is 18.1. The van der Waals surface area contributed by atoms with Crippen LogP contribution in [0.1, 0.15) is 58.6 Å². The predicted molar refractivity (Wildman–Crippen MR) is 163 cm³/mol. The number of nitriles is 1. The highest BCUT2D eigenvalue weighted by molar-refractivity contribution is 6.18. The fourth-order valence-electron chi connectivity index (χ4n) is 5.67. The van der Waals surface area contributed by atoms with Crippen molar-refractivity contribution in [1.29, 1.82) is 5.26 Å². The molecule has 11 nitrogen and oxygen atoms in total. The Bertz CT molecular complexity index is 1650. The predicted octanol–water partition coefficient (Wildman–Crippen LogP) is 4.36. The third-order valence-corrected chi connectivity index (χ3v) is 7.98. The SMILES string of the molecule is COC(=O)c1cccc(C(=O)C(C#N)C(=N[C@H]2CCCCN(CC(=O)N3CCCC3)C2=O)Nc2ccc3oc(C)cc3c2)c1. The van der Waals surface area contributed by atoms with Gasteiger partial charge in [-0.3, -0.25) is 19.4 Å². The standard InChI is InChI=1S/C33H35N5O6/c1-21-16-24-18-25(11-12-28(24)44-21)35-31(26(19-34)30(40)22-8-7-9-23(17-22)33(42)43-2)36-27-10-3-4-15-38(32(27)41)20-29(39)37-13-5-6-14-37/h7-9,11-12,16-18,26-27H,3-6,10,13-15,20H2,1-2H3,(H,35,36)/t26?,27-/m0/s1. The van der Waals surface area contributed by atoms with E-state index in [1.54, 1.807) is 21.9 Å². The lowest BCUT2D eigenvalue weighted by Crippen LogP contribution is -2.45. The van der Waals surface area contributed by atoms with Crippen LogP contribution >= 0.6 is 0 Å². The highest BCUT2D eigenvalue weighted by atomic mass is 16.5. The van der Waals surface area contributed by atoms with Gasteiger partial charge in [-0.05, 0) is 75.4 Å². The van der Waals surface area contributed by atoms with Crippen LogP contribution in [0, 0.1) is 24.2 Å². The molecule has 2 aromatic carbocycles. The molecule has 2 atom stereocenters. The van der Waals surface area contributed by atoms with Gasteiger partial charge < -0.3 is 24.3 Å². The fourth-order valence-corrected chi connectivity index (χ4v) is 5.67. The van der Waals surface area contributed by atoms with Crippen molar-refractivity contribution in [3.63, 3.8) is 0 Å². The molecule has 0 saturated carbocycles. The molecule has 0 radical (unpaired) electrons. The van der Waals surface area contributed by atoms with Crippen LogP contribution in [-0.2, 0) is 14.3 Å². The zero-order valence-corrected chi connectivity index (χ0v) is 24.9. The van der Waals surface area contributed by atoms with Crippen LogP contribution in [0.5, 0.6) is 0 Å². The number of fused-ring (bicyclic) bond motifs is 1. The van der Waals surface area contributed by atoms with Gasteiger partial charge in [0.25, 0.3) is 0 Å². The van der Waals surface area contributed by atoms with E-state index in [0.29, 0.717) is 50.2 Å². The van der Waals surface area contributed by atoms with Crippen molar-refractivity contribution in [1.82, 2.24) is 9.80 Å². The lowest BCUT2D eigenvalue weighted by atomic mass is 9.95. The number of esters is 1. The lowest BCUT2D eigenvalue weighted by Gasteiger charge is -2.25. The van der Waals surface area contributed by atoms with E-state index in [-0.39, 0.29) is 35.3 Å². The van der Waals surface area contributed by atoms with E-state index >= 15 is 0 Å². The number of nitrogens with one attached hydrogen (secondary N) is 1. The van der Waals surface area contributed by atoms with E-state index in [1.807, 2.05) is 19.1 Å². The monoisotopic (exact) mass is 597 g/mol. The number of methoxy groups -OCH3 is 1. The Labute approximate surface area is 255 Å². The van der Waals surface area contributed by atoms with Crippen LogP contribution in [0.3, 0.4) is 0 Å². The molecule has 0 spiro atoms.